The third-order valence-electron chi connectivity index (χ3n) is 4.28. The summed E-state index contributed by atoms with van der Waals surface area (Å²) in [5, 5.41) is 2.47. The first-order chi connectivity index (χ1) is 12.3. The summed E-state index contributed by atoms with van der Waals surface area (Å²) in [6.07, 6.45) is -1.16. The molecule has 1 aromatic carbocycles. The summed E-state index contributed by atoms with van der Waals surface area (Å²) in [4.78, 5) is 24.2. The molecule has 1 amide bonds. The van der Waals surface area contributed by atoms with E-state index < -0.39 is 29.8 Å². The molecule has 5 nitrogen and oxygen atoms in total. The monoisotopic (exact) mass is 381 g/mol. The second-order valence-electron chi connectivity index (χ2n) is 8.23. The average molecular weight is 381 g/mol. The molecule has 0 unspecified atom stereocenters. The van der Waals surface area contributed by atoms with Gasteiger partial charge in [0.25, 0.3) is 0 Å². The number of alkyl carbamates (subject to hydrolysis) is 1. The average Bonchev–Trinajstić information content (AvgIpc) is 2.49. The van der Waals surface area contributed by atoms with Gasteiger partial charge in [0.05, 0.1) is 0 Å². The maximum absolute atomic E-state index is 14.0. The normalized spacial score (nSPS) is 15.0. The van der Waals surface area contributed by atoms with Crippen molar-refractivity contribution in [3.8, 4) is 0 Å². The van der Waals surface area contributed by atoms with E-state index in [1.54, 1.807) is 40.7 Å². The van der Waals surface area contributed by atoms with Gasteiger partial charge in [0.15, 0.2) is 0 Å². The Morgan fingerprint density at radius 2 is 1.70 bits per heavy atom. The number of halogens is 1. The lowest BCUT2D eigenvalue weighted by atomic mass is 9.82. The molecule has 27 heavy (non-hydrogen) atoms. The van der Waals surface area contributed by atoms with Gasteiger partial charge in [-0.2, -0.15) is 0 Å². The van der Waals surface area contributed by atoms with Crippen molar-refractivity contribution >= 4 is 12.1 Å². The van der Waals surface area contributed by atoms with Gasteiger partial charge in [-0.05, 0) is 64.7 Å². The van der Waals surface area contributed by atoms with Gasteiger partial charge in [-0.1, -0.05) is 26.0 Å². The molecule has 0 fully saturated rings. The number of ether oxygens (including phenoxy) is 2. The van der Waals surface area contributed by atoms with Crippen LogP contribution >= 0.6 is 0 Å². The molecule has 1 rings (SSSR count). The Morgan fingerprint density at radius 3 is 2.22 bits per heavy atom. The Bertz CT molecular complexity index is 667. The summed E-state index contributed by atoms with van der Waals surface area (Å²) in [6.45, 7) is 14.3. The van der Waals surface area contributed by atoms with Crippen LogP contribution in [0.2, 0.25) is 0 Å². The fourth-order valence-corrected chi connectivity index (χ4v) is 3.04. The highest BCUT2D eigenvalue weighted by molar-refractivity contribution is 5.81. The Kier molecular flexibility index (Phi) is 7.81. The van der Waals surface area contributed by atoms with Crippen molar-refractivity contribution in [1.82, 2.24) is 5.32 Å². The van der Waals surface area contributed by atoms with E-state index in [1.165, 1.54) is 13.0 Å². The third kappa shape index (κ3) is 6.85. The van der Waals surface area contributed by atoms with Crippen LogP contribution in [-0.2, 0) is 14.3 Å². The molecule has 0 aliphatic heterocycles. The van der Waals surface area contributed by atoms with Crippen molar-refractivity contribution in [3.63, 3.8) is 0 Å². The van der Waals surface area contributed by atoms with Gasteiger partial charge in [0.1, 0.15) is 23.6 Å². The van der Waals surface area contributed by atoms with E-state index in [0.717, 1.165) is 5.56 Å². The van der Waals surface area contributed by atoms with Crippen molar-refractivity contribution in [2.45, 2.75) is 79.1 Å². The number of carbonyl (C=O) groups is 2. The summed E-state index contributed by atoms with van der Waals surface area (Å²) in [5.41, 5.74) is 0.718. The van der Waals surface area contributed by atoms with Crippen LogP contribution < -0.4 is 5.32 Å². The van der Waals surface area contributed by atoms with Gasteiger partial charge in [-0.3, -0.25) is 0 Å². The largest absolute Gasteiger partial charge is 0.460 e. The van der Waals surface area contributed by atoms with Crippen molar-refractivity contribution < 1.29 is 23.5 Å². The molecule has 3 atom stereocenters. The van der Waals surface area contributed by atoms with Crippen molar-refractivity contribution in [2.75, 3.05) is 0 Å². The molecular weight excluding hydrogens is 349 g/mol. The Morgan fingerprint density at radius 1 is 1.11 bits per heavy atom. The summed E-state index contributed by atoms with van der Waals surface area (Å²) < 4.78 is 24.7. The fourth-order valence-electron chi connectivity index (χ4n) is 3.04. The summed E-state index contributed by atoms with van der Waals surface area (Å²) in [6, 6.07) is 4.08. The molecule has 0 radical (unpaired) electrons. The van der Waals surface area contributed by atoms with Gasteiger partial charge in [-0.15, -0.1) is 0 Å². The number of amides is 1. The summed E-state index contributed by atoms with van der Waals surface area (Å²) in [5.74, 6) is -0.884. The zero-order valence-corrected chi connectivity index (χ0v) is 17.6. The first-order valence-corrected chi connectivity index (χ1v) is 9.28. The predicted octanol–water partition coefficient (Wildman–Crippen LogP) is 4.72. The molecule has 0 saturated carbocycles. The summed E-state index contributed by atoms with van der Waals surface area (Å²) >= 11 is 0. The number of benzene rings is 1. The number of hydrogen-bond donors (Lipinski definition) is 1. The van der Waals surface area contributed by atoms with Crippen LogP contribution in [0.4, 0.5) is 9.18 Å². The van der Waals surface area contributed by atoms with Gasteiger partial charge < -0.3 is 14.8 Å². The minimum absolute atomic E-state index is 0.127. The van der Waals surface area contributed by atoms with Gasteiger partial charge in [0, 0.05) is 5.92 Å². The van der Waals surface area contributed by atoms with Gasteiger partial charge in [0.2, 0.25) is 0 Å². The highest BCUT2D eigenvalue weighted by Gasteiger charge is 2.30. The molecule has 0 heterocycles. The topological polar surface area (TPSA) is 64.6 Å². The Hall–Kier alpha value is -2.11. The number of esters is 1. The quantitative estimate of drug-likeness (QED) is 0.724. The molecule has 1 N–H and O–H groups in total. The van der Waals surface area contributed by atoms with Gasteiger partial charge >= 0.3 is 12.1 Å². The smallest absolute Gasteiger partial charge is 0.408 e. The molecular formula is C21H32FNO4. The predicted molar refractivity (Wildman–Crippen MR) is 103 cm³/mol. The van der Waals surface area contributed by atoms with Crippen LogP contribution in [0.25, 0.3) is 0 Å². The van der Waals surface area contributed by atoms with Crippen LogP contribution in [0.5, 0.6) is 0 Å². The van der Waals surface area contributed by atoms with E-state index in [4.69, 9.17) is 9.47 Å². The van der Waals surface area contributed by atoms with Crippen molar-refractivity contribution in [2.24, 2.45) is 5.92 Å². The molecule has 1 aromatic rings. The second kappa shape index (κ2) is 9.20. The minimum atomic E-state index is -0.858. The molecule has 0 aromatic heterocycles. The van der Waals surface area contributed by atoms with E-state index in [0.29, 0.717) is 5.56 Å². The van der Waals surface area contributed by atoms with E-state index >= 15 is 0 Å². The first-order valence-electron chi connectivity index (χ1n) is 9.28. The number of carbonyl (C=O) groups excluding carboxylic acids is 2. The molecule has 0 bridgehead atoms. The van der Waals surface area contributed by atoms with Crippen molar-refractivity contribution in [1.29, 1.82) is 0 Å². The lowest BCUT2D eigenvalue weighted by molar-refractivity contribution is -0.152. The van der Waals surface area contributed by atoms with Crippen molar-refractivity contribution in [3.05, 3.63) is 35.1 Å². The van der Waals surface area contributed by atoms with Gasteiger partial charge in [-0.25, -0.2) is 14.0 Å². The zero-order chi connectivity index (χ0) is 20.9. The zero-order valence-electron chi connectivity index (χ0n) is 17.6. The maximum Gasteiger partial charge on any atom is 0.408 e. The highest BCUT2D eigenvalue weighted by atomic mass is 19.1. The Balaban J connectivity index is 2.84. The molecule has 0 aliphatic rings. The number of rotatable bonds is 6. The summed E-state index contributed by atoms with van der Waals surface area (Å²) in [7, 11) is 0. The van der Waals surface area contributed by atoms with Crippen LogP contribution in [-0.4, -0.2) is 29.8 Å². The van der Waals surface area contributed by atoms with Crippen LogP contribution in [0.3, 0.4) is 0 Å². The van der Waals surface area contributed by atoms with Crippen LogP contribution in [0.15, 0.2) is 18.2 Å². The van der Waals surface area contributed by atoms with E-state index in [2.05, 4.69) is 5.32 Å². The fraction of sp³-hybridized carbons (Fsp3) is 0.619. The van der Waals surface area contributed by atoms with Crippen LogP contribution in [0, 0.1) is 18.7 Å². The minimum Gasteiger partial charge on any atom is -0.460 e. The standard InChI is InChI=1S/C21H32FNO4/c1-12(2)18(16-10-9-11-17(22)13(16)3)15(5)26-19(24)14(4)23-20(25)27-21(6,7)8/h9-12,14-15,18H,1-8H3,(H,23,25)/t14-,15-,18+/m0/s1. The Labute approximate surface area is 161 Å². The second-order valence-corrected chi connectivity index (χ2v) is 8.23. The molecule has 0 spiro atoms. The van der Waals surface area contributed by atoms with E-state index in [1.807, 2.05) is 19.9 Å². The number of hydrogen-bond acceptors (Lipinski definition) is 4. The van der Waals surface area contributed by atoms with Crippen LogP contribution in [0.1, 0.15) is 65.5 Å². The lowest BCUT2D eigenvalue weighted by Gasteiger charge is -2.30. The molecule has 0 aliphatic carbocycles. The lowest BCUT2D eigenvalue weighted by Crippen LogP contribution is -2.43. The SMILES string of the molecule is Cc1c(F)cccc1[C@H](C(C)C)[C@H](C)OC(=O)[C@H](C)NC(=O)OC(C)(C)C. The molecule has 0 saturated heterocycles. The maximum atomic E-state index is 14.0. The molecule has 152 valence electrons. The number of nitrogens with one attached hydrogen (secondary N) is 1. The van der Waals surface area contributed by atoms with E-state index in [-0.39, 0.29) is 17.7 Å². The first kappa shape index (κ1) is 22.9. The highest BCUT2D eigenvalue weighted by Crippen LogP contribution is 2.33. The molecule has 6 heteroatoms. The third-order valence-corrected chi connectivity index (χ3v) is 4.28. The van der Waals surface area contributed by atoms with E-state index in [9.17, 15) is 14.0 Å².